The first kappa shape index (κ1) is 12.3. The Morgan fingerprint density at radius 2 is 1.71 bits per heavy atom. The molecule has 0 aliphatic carbocycles. The third kappa shape index (κ3) is 1.87. The van der Waals surface area contributed by atoms with E-state index in [1.165, 1.54) is 27.5 Å². The van der Waals surface area contributed by atoms with Gasteiger partial charge < -0.3 is 9.73 Å². The molecule has 1 aromatic heterocycles. The van der Waals surface area contributed by atoms with E-state index < -0.39 is 0 Å². The van der Waals surface area contributed by atoms with Gasteiger partial charge in [-0.15, -0.1) is 0 Å². The molecule has 0 spiro atoms. The van der Waals surface area contributed by atoms with E-state index in [0.717, 1.165) is 11.2 Å². The zero-order valence-corrected chi connectivity index (χ0v) is 12.2. The molecule has 3 aromatic rings. The highest BCUT2D eigenvalue weighted by atomic mass is 16.3. The predicted octanol–water partition coefficient (Wildman–Crippen LogP) is 5.00. The molecule has 0 fully saturated rings. The van der Waals surface area contributed by atoms with Crippen molar-refractivity contribution in [1.82, 2.24) is 5.32 Å². The molecular weight excluding hydrogens is 258 g/mol. The van der Waals surface area contributed by atoms with E-state index >= 15 is 0 Å². The van der Waals surface area contributed by atoms with Gasteiger partial charge in [0, 0.05) is 16.3 Å². The minimum atomic E-state index is 0.166. The first-order valence-electron chi connectivity index (χ1n) is 7.26. The normalized spacial score (nSPS) is 18.0. The van der Waals surface area contributed by atoms with E-state index in [9.17, 15) is 0 Å². The molecule has 0 amide bonds. The van der Waals surface area contributed by atoms with Gasteiger partial charge in [-0.1, -0.05) is 48.0 Å². The van der Waals surface area contributed by atoms with E-state index in [-0.39, 0.29) is 6.04 Å². The van der Waals surface area contributed by atoms with Gasteiger partial charge in [-0.05, 0) is 31.7 Å². The lowest BCUT2D eigenvalue weighted by molar-refractivity contribution is 0.645. The third-order valence-electron chi connectivity index (χ3n) is 4.14. The van der Waals surface area contributed by atoms with Crippen molar-refractivity contribution in [3.05, 3.63) is 71.5 Å². The lowest BCUT2D eigenvalue weighted by atomic mass is 9.99. The number of para-hydroxylation sites is 2. The molecular formula is C19H17NO. The summed E-state index contributed by atoms with van der Waals surface area (Å²) in [7, 11) is 0. The van der Waals surface area contributed by atoms with Crippen LogP contribution in [0.1, 0.15) is 24.1 Å². The van der Waals surface area contributed by atoms with Gasteiger partial charge in [-0.25, -0.2) is 0 Å². The molecule has 0 bridgehead atoms. The van der Waals surface area contributed by atoms with Crippen LogP contribution >= 0.6 is 0 Å². The first-order valence-corrected chi connectivity index (χ1v) is 7.26. The lowest BCUT2D eigenvalue weighted by Crippen LogP contribution is -2.16. The molecule has 1 unspecified atom stereocenters. The van der Waals surface area contributed by atoms with Gasteiger partial charge in [-0.3, -0.25) is 0 Å². The SMILES string of the molecule is CC1=CC(c2cccc3c2oc2c(C)cccc23)NC=C1. The molecule has 1 aliphatic rings. The third-order valence-corrected chi connectivity index (χ3v) is 4.14. The summed E-state index contributed by atoms with van der Waals surface area (Å²) in [5.41, 5.74) is 5.61. The number of nitrogens with one attached hydrogen (secondary N) is 1. The second kappa shape index (κ2) is 4.52. The van der Waals surface area contributed by atoms with E-state index in [0.29, 0.717) is 0 Å². The van der Waals surface area contributed by atoms with Crippen LogP contribution in [0.2, 0.25) is 0 Å². The molecule has 0 saturated heterocycles. The van der Waals surface area contributed by atoms with Crippen LogP contribution in [-0.4, -0.2) is 0 Å². The number of hydrogen-bond donors (Lipinski definition) is 1. The molecule has 2 aromatic carbocycles. The minimum Gasteiger partial charge on any atom is -0.455 e. The average Bonchev–Trinajstić information content (AvgIpc) is 2.87. The quantitative estimate of drug-likeness (QED) is 0.676. The van der Waals surface area contributed by atoms with Gasteiger partial charge in [0.1, 0.15) is 11.2 Å². The molecule has 1 N–H and O–H groups in total. The summed E-state index contributed by atoms with van der Waals surface area (Å²) in [4.78, 5) is 0. The Labute approximate surface area is 123 Å². The van der Waals surface area contributed by atoms with Gasteiger partial charge in [0.25, 0.3) is 0 Å². The van der Waals surface area contributed by atoms with Crippen LogP contribution in [0.15, 0.2) is 64.7 Å². The zero-order chi connectivity index (χ0) is 14.4. The Kier molecular flexibility index (Phi) is 2.64. The smallest absolute Gasteiger partial charge is 0.141 e. The molecule has 104 valence electrons. The van der Waals surface area contributed by atoms with Crippen molar-refractivity contribution in [2.75, 3.05) is 0 Å². The van der Waals surface area contributed by atoms with Crippen molar-refractivity contribution >= 4 is 21.9 Å². The Morgan fingerprint density at radius 1 is 0.952 bits per heavy atom. The maximum Gasteiger partial charge on any atom is 0.141 e. The van der Waals surface area contributed by atoms with Crippen LogP contribution in [0.5, 0.6) is 0 Å². The maximum absolute atomic E-state index is 6.21. The van der Waals surface area contributed by atoms with Gasteiger partial charge >= 0.3 is 0 Å². The van der Waals surface area contributed by atoms with Crippen molar-refractivity contribution in [2.24, 2.45) is 0 Å². The molecule has 1 aliphatic heterocycles. The maximum atomic E-state index is 6.21. The second-order valence-corrected chi connectivity index (χ2v) is 5.67. The predicted molar refractivity (Wildman–Crippen MR) is 87.2 cm³/mol. The highest BCUT2D eigenvalue weighted by Gasteiger charge is 2.17. The van der Waals surface area contributed by atoms with Gasteiger partial charge in [-0.2, -0.15) is 0 Å². The highest BCUT2D eigenvalue weighted by Crippen LogP contribution is 2.35. The largest absolute Gasteiger partial charge is 0.455 e. The van der Waals surface area contributed by atoms with E-state index in [1.54, 1.807) is 0 Å². The summed E-state index contributed by atoms with van der Waals surface area (Å²) in [6.07, 6.45) is 6.32. The molecule has 1 atom stereocenters. The molecule has 2 heterocycles. The van der Waals surface area contributed by atoms with Crippen molar-refractivity contribution in [3.8, 4) is 0 Å². The molecule has 21 heavy (non-hydrogen) atoms. The van der Waals surface area contributed by atoms with Crippen LogP contribution in [0, 0.1) is 6.92 Å². The number of dihydropyridines is 1. The number of rotatable bonds is 1. The molecule has 0 radical (unpaired) electrons. The van der Waals surface area contributed by atoms with Gasteiger partial charge in [0.05, 0.1) is 6.04 Å². The lowest BCUT2D eigenvalue weighted by Gasteiger charge is -2.18. The summed E-state index contributed by atoms with van der Waals surface area (Å²) in [6, 6.07) is 12.9. The van der Waals surface area contributed by atoms with Crippen LogP contribution in [0.4, 0.5) is 0 Å². The van der Waals surface area contributed by atoms with Crippen LogP contribution in [0.3, 0.4) is 0 Å². The van der Waals surface area contributed by atoms with Gasteiger partial charge in [0.2, 0.25) is 0 Å². The summed E-state index contributed by atoms with van der Waals surface area (Å²) in [5, 5.41) is 5.78. The van der Waals surface area contributed by atoms with Crippen LogP contribution in [-0.2, 0) is 0 Å². The standard InChI is InChI=1S/C19H17NO/c1-12-9-10-20-17(11-12)16-8-4-7-15-14-6-3-5-13(2)18(14)21-19(15)16/h3-11,17,20H,1-2H3. The van der Waals surface area contributed by atoms with E-state index in [2.05, 4.69) is 67.7 Å². The van der Waals surface area contributed by atoms with Crippen molar-refractivity contribution in [1.29, 1.82) is 0 Å². The van der Waals surface area contributed by atoms with Crippen molar-refractivity contribution < 1.29 is 4.42 Å². The second-order valence-electron chi connectivity index (χ2n) is 5.67. The Bertz CT molecular complexity index is 898. The number of hydrogen-bond acceptors (Lipinski definition) is 2. The average molecular weight is 275 g/mol. The molecule has 2 heteroatoms. The van der Waals surface area contributed by atoms with Crippen molar-refractivity contribution in [3.63, 3.8) is 0 Å². The number of allylic oxidation sites excluding steroid dienone is 2. The van der Waals surface area contributed by atoms with Gasteiger partial charge in [0.15, 0.2) is 0 Å². The Hall–Kier alpha value is -2.48. The number of fused-ring (bicyclic) bond motifs is 3. The van der Waals surface area contributed by atoms with E-state index in [4.69, 9.17) is 4.42 Å². The fourth-order valence-electron chi connectivity index (χ4n) is 3.06. The number of benzene rings is 2. The Balaban J connectivity index is 2.01. The molecule has 2 nitrogen and oxygen atoms in total. The summed E-state index contributed by atoms with van der Waals surface area (Å²) in [6.45, 7) is 4.21. The Morgan fingerprint density at radius 3 is 2.52 bits per heavy atom. The number of furan rings is 1. The zero-order valence-electron chi connectivity index (χ0n) is 12.2. The topological polar surface area (TPSA) is 25.2 Å². The fraction of sp³-hybridized carbons (Fsp3) is 0.158. The fourth-order valence-corrected chi connectivity index (χ4v) is 3.06. The summed E-state index contributed by atoms with van der Waals surface area (Å²) >= 11 is 0. The number of aryl methyl sites for hydroxylation is 1. The first-order chi connectivity index (χ1) is 10.2. The van der Waals surface area contributed by atoms with Crippen molar-refractivity contribution in [2.45, 2.75) is 19.9 Å². The molecule has 0 saturated carbocycles. The molecule has 4 rings (SSSR count). The summed E-state index contributed by atoms with van der Waals surface area (Å²) < 4.78 is 6.21. The minimum absolute atomic E-state index is 0.166. The van der Waals surface area contributed by atoms with Crippen LogP contribution < -0.4 is 5.32 Å². The highest BCUT2D eigenvalue weighted by molar-refractivity contribution is 6.06. The van der Waals surface area contributed by atoms with E-state index in [1.807, 2.05) is 6.20 Å². The summed E-state index contributed by atoms with van der Waals surface area (Å²) in [5.74, 6) is 0. The monoisotopic (exact) mass is 275 g/mol. The van der Waals surface area contributed by atoms with Crippen LogP contribution in [0.25, 0.3) is 21.9 Å².